The first-order valence-corrected chi connectivity index (χ1v) is 25.3. The van der Waals surface area contributed by atoms with Crippen LogP contribution < -0.4 is 9.47 Å². The Balaban J connectivity index is 1.35. The maximum absolute atomic E-state index is 14.6. The Hall–Kier alpha value is -5.71. The lowest BCUT2D eigenvalue weighted by atomic mass is 9.55. The van der Waals surface area contributed by atoms with Crippen molar-refractivity contribution in [3.8, 4) is 17.2 Å². The topological polar surface area (TPSA) is 172 Å². The fourth-order valence-corrected chi connectivity index (χ4v) is 10.4. The fourth-order valence-electron chi connectivity index (χ4n) is 10.0. The van der Waals surface area contributed by atoms with Crippen LogP contribution in [0.1, 0.15) is 80.9 Å². The van der Waals surface area contributed by atoms with E-state index in [0.717, 1.165) is 47.3 Å². The number of unbranched alkanes of at least 4 members (excludes halogenated alkanes) is 2. The van der Waals surface area contributed by atoms with Gasteiger partial charge in [0.15, 0.2) is 0 Å². The van der Waals surface area contributed by atoms with Crippen LogP contribution in [0.4, 0.5) is 10.5 Å². The van der Waals surface area contributed by atoms with E-state index >= 15 is 0 Å². The zero-order valence-corrected chi connectivity index (χ0v) is 40.4. The zero-order chi connectivity index (χ0) is 48.6. The molecule has 4 aromatic carbocycles. The van der Waals surface area contributed by atoms with E-state index in [4.69, 9.17) is 33.7 Å². The van der Waals surface area contributed by atoms with Crippen LogP contribution in [0.5, 0.6) is 17.2 Å². The molecule has 1 fully saturated rings. The molecule has 0 radical (unpaired) electrons. The quantitative estimate of drug-likeness (QED) is 0.0201. The van der Waals surface area contributed by atoms with Gasteiger partial charge in [0, 0.05) is 54.7 Å². The van der Waals surface area contributed by atoms with E-state index in [2.05, 4.69) is 18.7 Å². The highest BCUT2D eigenvalue weighted by atomic mass is 32.2. The molecule has 2 N–H and O–H groups in total. The SMILES string of the molecule is C=CCO[C@@]12Oc3ccc(Oc4ccc(SC)cc4)cc3[C@H]3[C@H](CCCCO)[C@@H](CCCCO)C=C(C(=NOCc4ccc([N+](=O)[O-])cc4)C[C@@H]1N(CCC)C(=O)OCCOCc1ccccc1)[C@H]32. The third-order valence-corrected chi connectivity index (χ3v) is 13.9. The van der Waals surface area contributed by atoms with Crippen molar-refractivity contribution in [2.24, 2.45) is 22.9 Å². The highest BCUT2D eigenvalue weighted by molar-refractivity contribution is 7.98. The number of oxime groups is 1. The van der Waals surface area contributed by atoms with Crippen LogP contribution >= 0.6 is 11.8 Å². The average molecular weight is 964 g/mol. The number of allylic oxidation sites excluding steroid dienone is 1. The number of non-ortho nitro benzene ring substituents is 1. The Labute approximate surface area is 409 Å². The molecule has 1 heterocycles. The smallest absolute Gasteiger partial charge is 0.410 e. The van der Waals surface area contributed by atoms with Crippen molar-refractivity contribution < 1.29 is 48.5 Å². The number of nitro benzene ring substituents is 1. The second kappa shape index (κ2) is 25.2. The van der Waals surface area contributed by atoms with Gasteiger partial charge >= 0.3 is 6.09 Å². The number of nitrogens with zero attached hydrogens (tertiary/aromatic N) is 3. The summed E-state index contributed by atoms with van der Waals surface area (Å²) in [4.78, 5) is 34.6. The first kappa shape index (κ1) is 51.1. The number of aliphatic hydroxyl groups is 2. The maximum atomic E-state index is 14.6. The number of amides is 1. The number of hydrogen-bond donors (Lipinski definition) is 2. The first-order chi connectivity index (χ1) is 33.7. The molecular formula is C54H65N3O11S. The van der Waals surface area contributed by atoms with Crippen LogP contribution in [-0.4, -0.2) is 89.5 Å². The number of rotatable bonds is 26. The van der Waals surface area contributed by atoms with Crippen molar-refractivity contribution in [2.75, 3.05) is 45.8 Å². The third-order valence-electron chi connectivity index (χ3n) is 13.1. The minimum Gasteiger partial charge on any atom is -0.459 e. The highest BCUT2D eigenvalue weighted by Gasteiger charge is 2.65. The van der Waals surface area contributed by atoms with Gasteiger partial charge in [0.2, 0.25) is 5.79 Å². The summed E-state index contributed by atoms with van der Waals surface area (Å²) >= 11 is 1.66. The van der Waals surface area contributed by atoms with Crippen molar-refractivity contribution in [1.29, 1.82) is 0 Å². The molecule has 14 nitrogen and oxygen atoms in total. The van der Waals surface area contributed by atoms with Gasteiger partial charge in [-0.25, -0.2) is 4.79 Å². The predicted molar refractivity (Wildman–Crippen MR) is 266 cm³/mol. The number of thioether (sulfide) groups is 1. The lowest BCUT2D eigenvalue weighted by Gasteiger charge is -2.59. The molecule has 1 amide bonds. The number of hydrogen-bond acceptors (Lipinski definition) is 13. The van der Waals surface area contributed by atoms with E-state index in [1.54, 1.807) is 34.9 Å². The Morgan fingerprint density at radius 2 is 1.67 bits per heavy atom. The third kappa shape index (κ3) is 12.6. The molecule has 368 valence electrons. The van der Waals surface area contributed by atoms with Gasteiger partial charge in [-0.05, 0) is 121 Å². The van der Waals surface area contributed by atoms with Gasteiger partial charge in [-0.1, -0.05) is 67.4 Å². The van der Waals surface area contributed by atoms with Gasteiger partial charge in [-0.3, -0.25) is 15.0 Å². The summed E-state index contributed by atoms with van der Waals surface area (Å²) in [6, 6.07) is 29.0. The monoisotopic (exact) mass is 963 g/mol. The van der Waals surface area contributed by atoms with Crippen LogP contribution in [-0.2, 0) is 32.3 Å². The number of carbonyl (C=O) groups excluding carboxylic acids is 1. The van der Waals surface area contributed by atoms with Crippen LogP contribution in [0.2, 0.25) is 0 Å². The molecule has 4 aromatic rings. The summed E-state index contributed by atoms with van der Waals surface area (Å²) < 4.78 is 32.9. The fraction of sp³-hybridized carbons (Fsp3) is 0.444. The Morgan fingerprint density at radius 1 is 0.942 bits per heavy atom. The average Bonchev–Trinajstić information content (AvgIpc) is 3.37. The van der Waals surface area contributed by atoms with Crippen molar-refractivity contribution in [3.05, 3.63) is 148 Å². The summed E-state index contributed by atoms with van der Waals surface area (Å²) in [6.45, 7) is 7.22. The van der Waals surface area contributed by atoms with Gasteiger partial charge in [0.25, 0.3) is 5.69 Å². The van der Waals surface area contributed by atoms with Crippen LogP contribution in [0.25, 0.3) is 0 Å². The molecule has 0 unspecified atom stereocenters. The van der Waals surface area contributed by atoms with E-state index in [0.29, 0.717) is 60.9 Å². The molecule has 0 spiro atoms. The van der Waals surface area contributed by atoms with Crippen molar-refractivity contribution in [1.82, 2.24) is 4.90 Å². The normalized spacial score (nSPS) is 21.8. The molecule has 0 saturated heterocycles. The van der Waals surface area contributed by atoms with Crippen molar-refractivity contribution in [2.45, 2.75) is 94.1 Å². The van der Waals surface area contributed by atoms with E-state index < -0.39 is 28.8 Å². The standard InChI is InChI=1S/C54H65N3O11S/c1-4-27-56(53(60)64-32-31-63-36-38-13-7-6-8-14-38)50-35-48(55-66-37-39-17-19-41(20-18-39)57(61)62)46-33-40(15-9-11-28-58)45(16-10-12-29-59)51-47-34-43(67-42-21-24-44(69-3)25-22-42)23-26-49(47)68-54(50,52(46)51)65-30-5-2/h5-8,13-14,17-26,33-34,40,45,50-52,58-59H,2,4,9-12,15-16,27-32,35-37H2,1,3H3/t40-,45+,50-,51+,52+,54+/m0/s1. The number of benzene rings is 4. The molecule has 2 aliphatic carbocycles. The largest absolute Gasteiger partial charge is 0.459 e. The van der Waals surface area contributed by atoms with Gasteiger partial charge < -0.3 is 38.7 Å². The predicted octanol–water partition coefficient (Wildman–Crippen LogP) is 11.0. The Morgan fingerprint density at radius 3 is 2.36 bits per heavy atom. The van der Waals surface area contributed by atoms with E-state index in [1.165, 1.54) is 12.1 Å². The Bertz CT molecular complexity index is 2360. The molecule has 69 heavy (non-hydrogen) atoms. The lowest BCUT2D eigenvalue weighted by molar-refractivity contribution is -0.384. The molecule has 1 saturated carbocycles. The van der Waals surface area contributed by atoms with E-state index in [9.17, 15) is 25.1 Å². The molecule has 6 atom stereocenters. The first-order valence-electron chi connectivity index (χ1n) is 24.0. The summed E-state index contributed by atoms with van der Waals surface area (Å²) in [6.07, 6.45) is 10.6. The second-order valence-electron chi connectivity index (χ2n) is 17.6. The van der Waals surface area contributed by atoms with Gasteiger partial charge in [-0.2, -0.15) is 0 Å². The van der Waals surface area contributed by atoms with Crippen LogP contribution in [0.15, 0.2) is 131 Å². The maximum Gasteiger partial charge on any atom is 0.410 e. The summed E-state index contributed by atoms with van der Waals surface area (Å²) in [7, 11) is 0. The minimum atomic E-state index is -1.48. The van der Waals surface area contributed by atoms with Crippen LogP contribution in [0, 0.1) is 27.9 Å². The van der Waals surface area contributed by atoms with Crippen molar-refractivity contribution >= 4 is 29.3 Å². The van der Waals surface area contributed by atoms with Gasteiger partial charge in [0.05, 0.1) is 36.4 Å². The second-order valence-corrected chi connectivity index (χ2v) is 18.5. The lowest BCUT2D eigenvalue weighted by Crippen LogP contribution is -2.70. The van der Waals surface area contributed by atoms with Crippen molar-refractivity contribution in [3.63, 3.8) is 0 Å². The van der Waals surface area contributed by atoms with Gasteiger partial charge in [-0.15, -0.1) is 18.3 Å². The molecule has 3 aliphatic rings. The molecule has 0 aromatic heterocycles. The minimum absolute atomic E-state index is 0.00355. The molecule has 15 heteroatoms. The summed E-state index contributed by atoms with van der Waals surface area (Å²) in [5.41, 5.74) is 4.09. The molecular weight excluding hydrogens is 899 g/mol. The number of aliphatic hydroxyl groups excluding tert-OH is 2. The number of ether oxygens (including phenoxy) is 5. The molecule has 1 aliphatic heterocycles. The van der Waals surface area contributed by atoms with Crippen LogP contribution in [0.3, 0.4) is 0 Å². The zero-order valence-electron chi connectivity index (χ0n) is 39.6. The summed E-state index contributed by atoms with van der Waals surface area (Å²) in [5.74, 6) is -0.347. The van der Waals surface area contributed by atoms with Gasteiger partial charge in [0.1, 0.15) is 36.5 Å². The molecule has 0 bridgehead atoms. The highest BCUT2D eigenvalue weighted by Crippen LogP contribution is 2.62. The number of fused-ring (bicyclic) bond motifs is 2. The van der Waals surface area contributed by atoms with E-state index in [-0.39, 0.29) is 69.5 Å². The Kier molecular flexibility index (Phi) is 18.7. The molecule has 7 rings (SSSR count). The summed E-state index contributed by atoms with van der Waals surface area (Å²) in [5, 5.41) is 36.3. The number of carbonyl (C=O) groups is 1. The van der Waals surface area contributed by atoms with E-state index in [1.807, 2.05) is 79.9 Å². The number of nitro groups is 1.